The zero-order chi connectivity index (χ0) is 14.1. The molecule has 0 aliphatic rings. The number of nitrogen functional groups attached to an aromatic ring is 1. The second-order valence-corrected chi connectivity index (χ2v) is 3.95. The van der Waals surface area contributed by atoms with Crippen LogP contribution in [-0.4, -0.2) is 34.9 Å². The molecule has 1 rings (SSSR count). The Morgan fingerprint density at radius 1 is 1.50 bits per heavy atom. The number of nitrogens with two attached hydrogens (primary N) is 1. The molecule has 0 aliphatic heterocycles. The molecule has 0 radical (unpaired) electrons. The molecule has 8 heteroatoms. The Morgan fingerprint density at radius 3 is 2.44 bits per heavy atom. The molecule has 0 atom stereocenters. The average molecular weight is 263 g/mol. The topological polar surface area (TPSA) is 70.9 Å². The average Bonchev–Trinajstić information content (AvgIpc) is 2.48. The molecule has 0 saturated heterocycles. The molecule has 0 fully saturated rings. The van der Waals surface area contributed by atoms with Crippen molar-refractivity contribution in [3.8, 4) is 0 Å². The number of amidine groups is 1. The Labute approximate surface area is 103 Å². The smallest absolute Gasteiger partial charge is 0.384 e. The molecule has 18 heavy (non-hydrogen) atoms. The summed E-state index contributed by atoms with van der Waals surface area (Å²) in [7, 11) is 1.54. The number of halogens is 3. The highest BCUT2D eigenvalue weighted by atomic mass is 19.4. The number of aromatic nitrogens is 2. The summed E-state index contributed by atoms with van der Waals surface area (Å²) in [4.78, 5) is 1.11. The number of anilines is 1. The van der Waals surface area contributed by atoms with E-state index < -0.39 is 12.7 Å². The number of nitrogens with zero attached hydrogens (tertiary/aromatic N) is 3. The van der Waals surface area contributed by atoms with E-state index in [1.165, 1.54) is 11.7 Å². The molecular weight excluding hydrogens is 247 g/mol. The van der Waals surface area contributed by atoms with Crippen molar-refractivity contribution >= 4 is 11.7 Å². The molecule has 0 saturated carbocycles. The van der Waals surface area contributed by atoms with Crippen molar-refractivity contribution in [2.75, 3.05) is 18.0 Å². The molecule has 0 aromatic carbocycles. The van der Waals surface area contributed by atoms with Crippen molar-refractivity contribution in [2.45, 2.75) is 20.0 Å². The predicted octanol–water partition coefficient (Wildman–Crippen LogP) is 1.40. The van der Waals surface area contributed by atoms with Gasteiger partial charge in [0.15, 0.2) is 0 Å². The number of hydrogen-bond acceptors (Lipinski definition) is 3. The van der Waals surface area contributed by atoms with Gasteiger partial charge in [-0.1, -0.05) is 0 Å². The Morgan fingerprint density at radius 2 is 2.06 bits per heavy atom. The van der Waals surface area contributed by atoms with Crippen LogP contribution in [0, 0.1) is 12.3 Å². The van der Waals surface area contributed by atoms with Gasteiger partial charge in [-0.15, -0.1) is 0 Å². The maximum absolute atomic E-state index is 12.5. The lowest BCUT2D eigenvalue weighted by Crippen LogP contribution is -2.36. The van der Waals surface area contributed by atoms with Gasteiger partial charge in [0.25, 0.3) is 0 Å². The van der Waals surface area contributed by atoms with E-state index in [0.29, 0.717) is 5.69 Å². The maximum Gasteiger partial charge on any atom is 0.405 e. The molecular formula is C10H16F3N5. The van der Waals surface area contributed by atoms with Gasteiger partial charge in [0.2, 0.25) is 0 Å². The summed E-state index contributed by atoms with van der Waals surface area (Å²) >= 11 is 0. The fourth-order valence-electron chi connectivity index (χ4n) is 1.88. The molecule has 0 aliphatic carbocycles. The van der Waals surface area contributed by atoms with Gasteiger partial charge < -0.3 is 10.6 Å². The number of nitrogens with one attached hydrogen (secondary N) is 1. The van der Waals surface area contributed by atoms with Gasteiger partial charge in [0, 0.05) is 13.6 Å². The van der Waals surface area contributed by atoms with Gasteiger partial charge in [0.05, 0.1) is 11.3 Å². The van der Waals surface area contributed by atoms with E-state index in [-0.39, 0.29) is 23.8 Å². The standard InChI is InChI=1S/C10H16F3N5/c1-4-18(5-10(11,12)13)9-7(8(14)15)6(2)16-17(9)3/h4-5H2,1-3H3,(H3,14,15). The minimum atomic E-state index is -4.32. The monoisotopic (exact) mass is 263 g/mol. The third-order valence-corrected chi connectivity index (χ3v) is 2.51. The first-order chi connectivity index (χ1) is 8.17. The quantitative estimate of drug-likeness (QED) is 0.637. The summed E-state index contributed by atoms with van der Waals surface area (Å²) < 4.78 is 38.8. The SMILES string of the molecule is CCN(CC(F)(F)F)c1c(C(=N)N)c(C)nn1C. The molecule has 1 heterocycles. The van der Waals surface area contributed by atoms with Crippen molar-refractivity contribution < 1.29 is 13.2 Å². The maximum atomic E-state index is 12.5. The number of rotatable bonds is 4. The molecule has 1 aromatic rings. The lowest BCUT2D eigenvalue weighted by atomic mass is 10.2. The predicted molar refractivity (Wildman–Crippen MR) is 62.9 cm³/mol. The highest BCUT2D eigenvalue weighted by Gasteiger charge is 2.33. The minimum absolute atomic E-state index is 0.152. The molecule has 1 aromatic heterocycles. The third kappa shape index (κ3) is 2.93. The van der Waals surface area contributed by atoms with Crippen molar-refractivity contribution in [3.63, 3.8) is 0 Å². The van der Waals surface area contributed by atoms with Crippen LogP contribution >= 0.6 is 0 Å². The van der Waals surface area contributed by atoms with Gasteiger partial charge in [-0.05, 0) is 13.8 Å². The first kappa shape index (κ1) is 14.3. The fraction of sp³-hybridized carbons (Fsp3) is 0.600. The van der Waals surface area contributed by atoms with Crippen LogP contribution in [0.2, 0.25) is 0 Å². The second kappa shape index (κ2) is 4.87. The zero-order valence-electron chi connectivity index (χ0n) is 10.5. The van der Waals surface area contributed by atoms with E-state index in [1.807, 2.05) is 0 Å². The zero-order valence-corrected chi connectivity index (χ0v) is 10.5. The van der Waals surface area contributed by atoms with Crippen molar-refractivity contribution in [2.24, 2.45) is 12.8 Å². The molecule has 102 valence electrons. The summed E-state index contributed by atoms with van der Waals surface area (Å²) in [5.74, 6) is -0.0592. The van der Waals surface area contributed by atoms with Crippen molar-refractivity contribution in [1.29, 1.82) is 5.41 Å². The molecule has 0 bridgehead atoms. The van der Waals surface area contributed by atoms with Crippen LogP contribution in [-0.2, 0) is 7.05 Å². The summed E-state index contributed by atoms with van der Waals surface area (Å²) in [6.45, 7) is 2.28. The van der Waals surface area contributed by atoms with E-state index in [1.54, 1.807) is 13.8 Å². The van der Waals surface area contributed by atoms with Gasteiger partial charge in [-0.25, -0.2) is 0 Å². The van der Waals surface area contributed by atoms with Crippen LogP contribution in [0.3, 0.4) is 0 Å². The summed E-state index contributed by atoms with van der Waals surface area (Å²) in [5, 5.41) is 11.5. The lowest BCUT2D eigenvalue weighted by Gasteiger charge is -2.25. The minimum Gasteiger partial charge on any atom is -0.384 e. The van der Waals surface area contributed by atoms with E-state index >= 15 is 0 Å². The van der Waals surface area contributed by atoms with Gasteiger partial charge in [-0.3, -0.25) is 10.1 Å². The Bertz CT molecular complexity index is 449. The highest BCUT2D eigenvalue weighted by molar-refractivity contribution is 6.00. The van der Waals surface area contributed by atoms with Crippen LogP contribution < -0.4 is 10.6 Å². The Kier molecular flexibility index (Phi) is 3.88. The van der Waals surface area contributed by atoms with Crippen molar-refractivity contribution in [1.82, 2.24) is 9.78 Å². The molecule has 0 spiro atoms. The number of aryl methyl sites for hydroxylation is 2. The first-order valence-electron chi connectivity index (χ1n) is 5.37. The van der Waals surface area contributed by atoms with Crippen molar-refractivity contribution in [3.05, 3.63) is 11.3 Å². The molecule has 3 N–H and O–H groups in total. The van der Waals surface area contributed by atoms with Gasteiger partial charge >= 0.3 is 6.18 Å². The van der Waals surface area contributed by atoms with E-state index in [4.69, 9.17) is 11.1 Å². The highest BCUT2D eigenvalue weighted by Crippen LogP contribution is 2.26. The Balaban J connectivity index is 3.25. The fourth-order valence-corrected chi connectivity index (χ4v) is 1.88. The second-order valence-electron chi connectivity index (χ2n) is 3.95. The van der Waals surface area contributed by atoms with Crippen LogP contribution in [0.5, 0.6) is 0 Å². The van der Waals surface area contributed by atoms with Crippen LogP contribution in [0.4, 0.5) is 19.0 Å². The van der Waals surface area contributed by atoms with E-state index in [0.717, 1.165) is 4.90 Å². The molecule has 0 amide bonds. The Hall–Kier alpha value is -1.73. The lowest BCUT2D eigenvalue weighted by molar-refractivity contribution is -0.119. The van der Waals surface area contributed by atoms with Crippen LogP contribution in [0.1, 0.15) is 18.2 Å². The van der Waals surface area contributed by atoms with Gasteiger partial charge in [0.1, 0.15) is 18.2 Å². The number of alkyl halides is 3. The van der Waals surface area contributed by atoms with Crippen LogP contribution in [0.25, 0.3) is 0 Å². The number of hydrogen-bond donors (Lipinski definition) is 2. The van der Waals surface area contributed by atoms with E-state index in [9.17, 15) is 13.2 Å². The first-order valence-corrected chi connectivity index (χ1v) is 5.37. The van der Waals surface area contributed by atoms with Crippen LogP contribution in [0.15, 0.2) is 0 Å². The summed E-state index contributed by atoms with van der Waals surface area (Å²) in [6.07, 6.45) is -4.32. The molecule has 0 unspecified atom stereocenters. The third-order valence-electron chi connectivity index (χ3n) is 2.51. The largest absolute Gasteiger partial charge is 0.405 e. The summed E-state index contributed by atoms with van der Waals surface area (Å²) in [5.41, 5.74) is 6.11. The molecule has 5 nitrogen and oxygen atoms in total. The summed E-state index contributed by atoms with van der Waals surface area (Å²) in [6, 6.07) is 0. The van der Waals surface area contributed by atoms with E-state index in [2.05, 4.69) is 5.10 Å². The van der Waals surface area contributed by atoms with Gasteiger partial charge in [-0.2, -0.15) is 18.3 Å². The normalized spacial score (nSPS) is 11.7.